The summed E-state index contributed by atoms with van der Waals surface area (Å²) in [6, 6.07) is 0. The SMILES string of the molecule is C=C(C)C(=O)OC(C)(COC1=CC2=CC=C1C2C1(C)C2=CC=C1C(OCC(C)(OCC(C)OCC)OC(=O)C(=C)C)=C2)OCC(C)OCC. The fourth-order valence-electron chi connectivity index (χ4n) is 6.23. The lowest BCUT2D eigenvalue weighted by atomic mass is 9.69. The molecule has 0 radical (unpaired) electrons. The Bertz CT molecular complexity index is 1530. The first-order valence-corrected chi connectivity index (χ1v) is 16.9. The van der Waals surface area contributed by atoms with E-state index in [9.17, 15) is 9.59 Å². The summed E-state index contributed by atoms with van der Waals surface area (Å²) in [7, 11) is 0. The summed E-state index contributed by atoms with van der Waals surface area (Å²) in [4.78, 5) is 25.1. The van der Waals surface area contributed by atoms with Gasteiger partial charge in [0.1, 0.15) is 11.5 Å². The quantitative estimate of drug-likeness (QED) is 0.0736. The first kappa shape index (κ1) is 38.1. The van der Waals surface area contributed by atoms with Crippen LogP contribution in [0.3, 0.4) is 0 Å². The molecule has 0 aromatic heterocycles. The van der Waals surface area contributed by atoms with Gasteiger partial charge in [0.25, 0.3) is 0 Å². The zero-order chi connectivity index (χ0) is 36.1. The molecule has 4 rings (SSSR count). The van der Waals surface area contributed by atoms with Gasteiger partial charge in [0.05, 0.1) is 25.4 Å². The van der Waals surface area contributed by atoms with Crippen molar-refractivity contribution in [2.75, 3.05) is 39.6 Å². The van der Waals surface area contributed by atoms with Crippen LogP contribution in [0.4, 0.5) is 0 Å². The summed E-state index contributed by atoms with van der Waals surface area (Å²) < 4.78 is 47.5. The predicted molar refractivity (Wildman–Crippen MR) is 185 cm³/mol. The highest BCUT2D eigenvalue weighted by Gasteiger charge is 2.54. The number of hydrogen-bond donors (Lipinski definition) is 0. The van der Waals surface area contributed by atoms with Gasteiger partial charge in [-0.1, -0.05) is 44.4 Å². The highest BCUT2D eigenvalue weighted by Crippen LogP contribution is 2.62. The average molecular weight is 681 g/mol. The molecule has 0 aromatic rings. The monoisotopic (exact) mass is 680 g/mol. The van der Waals surface area contributed by atoms with Crippen LogP contribution in [-0.2, 0) is 47.5 Å². The van der Waals surface area contributed by atoms with E-state index in [1.54, 1.807) is 27.7 Å². The lowest BCUT2D eigenvalue weighted by Gasteiger charge is -2.35. The van der Waals surface area contributed by atoms with Crippen molar-refractivity contribution < 1.29 is 47.5 Å². The van der Waals surface area contributed by atoms with Gasteiger partial charge in [-0.25, -0.2) is 9.59 Å². The topological polar surface area (TPSA) is 108 Å². The largest absolute Gasteiger partial charge is 0.486 e. The van der Waals surface area contributed by atoms with Gasteiger partial charge in [0.2, 0.25) is 11.6 Å². The minimum absolute atomic E-state index is 0.0288. The lowest BCUT2D eigenvalue weighted by molar-refractivity contribution is -0.244. The maximum Gasteiger partial charge on any atom is 0.335 e. The lowest BCUT2D eigenvalue weighted by Crippen LogP contribution is -2.42. The molecule has 0 fully saturated rings. The number of hydrogen-bond acceptors (Lipinski definition) is 10. The van der Waals surface area contributed by atoms with Crippen molar-refractivity contribution in [2.45, 2.75) is 86.1 Å². The van der Waals surface area contributed by atoms with Crippen molar-refractivity contribution in [1.29, 1.82) is 0 Å². The molecule has 4 aliphatic rings. The maximum absolute atomic E-state index is 12.5. The van der Waals surface area contributed by atoms with Crippen LogP contribution >= 0.6 is 0 Å². The summed E-state index contributed by atoms with van der Waals surface area (Å²) in [5, 5.41) is 0. The molecule has 0 N–H and O–H groups in total. The molecule has 0 aliphatic heterocycles. The summed E-state index contributed by atoms with van der Waals surface area (Å²) in [6.45, 7) is 25.2. The van der Waals surface area contributed by atoms with Crippen molar-refractivity contribution in [3.63, 3.8) is 0 Å². The molecule has 0 heterocycles. The second-order valence-electron chi connectivity index (χ2n) is 13.5. The van der Waals surface area contributed by atoms with Gasteiger partial charge >= 0.3 is 11.9 Å². The number of allylic oxidation sites excluding steroid dienone is 10. The molecule has 268 valence electrons. The molecule has 10 heteroatoms. The van der Waals surface area contributed by atoms with E-state index in [0.717, 1.165) is 22.3 Å². The van der Waals surface area contributed by atoms with Gasteiger partial charge < -0.3 is 37.9 Å². The van der Waals surface area contributed by atoms with Crippen LogP contribution in [0.15, 0.2) is 94.6 Å². The molecule has 4 aliphatic carbocycles. The van der Waals surface area contributed by atoms with Gasteiger partial charge in [-0.2, -0.15) is 0 Å². The van der Waals surface area contributed by atoms with Gasteiger partial charge in [-0.3, -0.25) is 0 Å². The van der Waals surface area contributed by atoms with Gasteiger partial charge in [-0.15, -0.1) is 0 Å². The molecule has 0 amide bonds. The van der Waals surface area contributed by atoms with Crippen molar-refractivity contribution in [2.24, 2.45) is 11.3 Å². The highest BCUT2D eigenvalue weighted by molar-refractivity contribution is 5.87. The van der Waals surface area contributed by atoms with Gasteiger partial charge in [0.15, 0.2) is 13.2 Å². The first-order valence-electron chi connectivity index (χ1n) is 16.9. The molecular weight excluding hydrogens is 628 g/mol. The summed E-state index contributed by atoms with van der Waals surface area (Å²) in [6.07, 6.45) is 12.0. The van der Waals surface area contributed by atoms with E-state index in [1.165, 1.54) is 0 Å². The Morgan fingerprint density at radius 3 is 1.80 bits per heavy atom. The zero-order valence-corrected chi connectivity index (χ0v) is 30.4. The molecule has 6 atom stereocenters. The number of carbonyl (C=O) groups excluding carboxylic acids is 2. The Kier molecular flexibility index (Phi) is 12.0. The first-order chi connectivity index (χ1) is 23.1. The van der Waals surface area contributed by atoms with Crippen LogP contribution in [0.2, 0.25) is 0 Å². The molecule has 0 saturated carbocycles. The van der Waals surface area contributed by atoms with Crippen molar-refractivity contribution in [1.82, 2.24) is 0 Å². The highest BCUT2D eigenvalue weighted by atomic mass is 16.7. The molecule has 4 bridgehead atoms. The van der Waals surface area contributed by atoms with Crippen LogP contribution < -0.4 is 0 Å². The molecule has 49 heavy (non-hydrogen) atoms. The van der Waals surface area contributed by atoms with Crippen molar-refractivity contribution in [3.05, 3.63) is 94.6 Å². The minimum atomic E-state index is -1.38. The number of fused-ring (bicyclic) bond motifs is 5. The van der Waals surface area contributed by atoms with E-state index in [-0.39, 0.29) is 55.7 Å². The van der Waals surface area contributed by atoms with E-state index < -0.39 is 28.9 Å². The second kappa shape index (κ2) is 15.5. The Morgan fingerprint density at radius 2 is 1.31 bits per heavy atom. The van der Waals surface area contributed by atoms with E-state index in [0.29, 0.717) is 24.7 Å². The van der Waals surface area contributed by atoms with E-state index in [4.69, 9.17) is 37.9 Å². The van der Waals surface area contributed by atoms with Crippen molar-refractivity contribution >= 4 is 11.9 Å². The number of carbonyl (C=O) groups is 2. The summed E-state index contributed by atoms with van der Waals surface area (Å²) in [5.74, 6) is -2.54. The zero-order valence-electron chi connectivity index (χ0n) is 30.4. The van der Waals surface area contributed by atoms with Crippen LogP contribution in [0.1, 0.15) is 62.3 Å². The number of ether oxygens (including phenoxy) is 8. The van der Waals surface area contributed by atoms with Crippen molar-refractivity contribution in [3.8, 4) is 0 Å². The third kappa shape index (κ3) is 8.55. The summed E-state index contributed by atoms with van der Waals surface area (Å²) in [5.41, 5.74) is 4.30. The third-order valence-electron chi connectivity index (χ3n) is 8.84. The molecule has 6 unspecified atom stereocenters. The predicted octanol–water partition coefficient (Wildman–Crippen LogP) is 6.72. The Balaban J connectivity index is 1.45. The second-order valence-corrected chi connectivity index (χ2v) is 13.5. The molecular formula is C39H52O10. The Morgan fingerprint density at radius 1 is 0.796 bits per heavy atom. The van der Waals surface area contributed by atoms with E-state index in [2.05, 4.69) is 44.4 Å². The molecule has 0 saturated heterocycles. The smallest absolute Gasteiger partial charge is 0.335 e. The standard InChI is InChI=1S/C39H52O10/c1-12-42-26(7)20-46-37(9,48-35(40)24(3)4)22-44-32-18-28-14-16-30(32)34(28)39(11)29-15-17-31(39)33(19-29)45-23-38(10,49-36(41)25(5)6)47-21-27(8)43-13-2/h14-19,26-27,34H,3,5,12-13,20-23H2,1-2,4,6-11H3. The Hall–Kier alpha value is -3.70. The Labute approximate surface area is 290 Å². The number of esters is 2. The summed E-state index contributed by atoms with van der Waals surface area (Å²) >= 11 is 0. The van der Waals surface area contributed by atoms with Gasteiger partial charge in [0, 0.05) is 60.7 Å². The van der Waals surface area contributed by atoms with Crippen LogP contribution in [0.5, 0.6) is 0 Å². The van der Waals surface area contributed by atoms with Crippen LogP contribution in [0.25, 0.3) is 0 Å². The average Bonchev–Trinajstić information content (AvgIpc) is 3.78. The van der Waals surface area contributed by atoms with E-state index >= 15 is 0 Å². The van der Waals surface area contributed by atoms with Crippen LogP contribution in [-0.4, -0.2) is 75.4 Å². The molecule has 10 nitrogen and oxygen atoms in total. The normalized spacial score (nSPS) is 23.9. The fraction of sp³-hybridized carbons (Fsp3) is 0.538. The third-order valence-corrected chi connectivity index (χ3v) is 8.84. The molecule has 0 aromatic carbocycles. The van der Waals surface area contributed by atoms with Gasteiger partial charge in [-0.05, 0) is 64.8 Å². The van der Waals surface area contributed by atoms with Crippen LogP contribution in [0, 0.1) is 11.3 Å². The number of rotatable bonds is 21. The molecule has 0 spiro atoms. The maximum atomic E-state index is 12.5. The fourth-order valence-corrected chi connectivity index (χ4v) is 6.23. The minimum Gasteiger partial charge on any atom is -0.486 e. The van der Waals surface area contributed by atoms with E-state index in [1.807, 2.05) is 39.8 Å².